The van der Waals surface area contributed by atoms with E-state index in [2.05, 4.69) is 20.9 Å². The Morgan fingerprint density at radius 1 is 1.62 bits per heavy atom. The summed E-state index contributed by atoms with van der Waals surface area (Å²) in [6.45, 7) is 0. The van der Waals surface area contributed by atoms with Gasteiger partial charge in [-0.15, -0.1) is 0 Å². The monoisotopic (exact) mass is 381 g/mol. The number of hydrogen-bond acceptors (Lipinski definition) is 1. The highest BCUT2D eigenvalue weighted by atomic mass is 127. The summed E-state index contributed by atoms with van der Waals surface area (Å²) in [5.41, 5.74) is 0.258. The lowest BCUT2D eigenvalue weighted by Crippen LogP contribution is -1.99. The maximum absolute atomic E-state index is 12.4. The van der Waals surface area contributed by atoms with Crippen LogP contribution in [0.4, 0.5) is 8.78 Å². The van der Waals surface area contributed by atoms with Crippen LogP contribution in [-0.2, 0) is 5.33 Å². The lowest BCUT2D eigenvalue weighted by molar-refractivity contribution is 0.145. The van der Waals surface area contributed by atoms with Gasteiger partial charge >= 0.3 is 0 Å². The Balaban J connectivity index is 3.29. The molecule has 6 heteroatoms. The summed E-state index contributed by atoms with van der Waals surface area (Å²) in [6.07, 6.45) is -2.58. The minimum absolute atomic E-state index is 0.101. The molecular formula is C7H4BrClF2IN. The fraction of sp³-hybridized carbons (Fsp3) is 0.286. The number of nitrogens with zero attached hydrogens (tertiary/aromatic N) is 1. The van der Waals surface area contributed by atoms with Crippen molar-refractivity contribution in [3.63, 3.8) is 0 Å². The number of alkyl halides is 3. The summed E-state index contributed by atoms with van der Waals surface area (Å²) in [7, 11) is 0. The number of rotatable bonds is 2. The van der Waals surface area contributed by atoms with E-state index in [0.29, 0.717) is 14.5 Å². The molecule has 0 atom stereocenters. The van der Waals surface area contributed by atoms with E-state index in [1.165, 1.54) is 0 Å². The SMILES string of the molecule is FC(F)c1nc(Cl)cc(I)c1CBr. The second-order valence-corrected chi connectivity index (χ2v) is 4.34. The minimum atomic E-state index is -2.58. The predicted molar refractivity (Wildman–Crippen MR) is 59.6 cm³/mol. The highest BCUT2D eigenvalue weighted by molar-refractivity contribution is 14.1. The zero-order valence-electron chi connectivity index (χ0n) is 6.20. The summed E-state index contributed by atoms with van der Waals surface area (Å²) in [5, 5.41) is 0.458. The highest BCUT2D eigenvalue weighted by Crippen LogP contribution is 2.28. The van der Waals surface area contributed by atoms with E-state index >= 15 is 0 Å². The van der Waals surface area contributed by atoms with Crippen molar-refractivity contribution in [2.75, 3.05) is 0 Å². The lowest BCUT2D eigenvalue weighted by Gasteiger charge is -2.07. The van der Waals surface area contributed by atoms with Crippen LogP contribution in [0.1, 0.15) is 17.7 Å². The maximum Gasteiger partial charge on any atom is 0.280 e. The van der Waals surface area contributed by atoms with Crippen molar-refractivity contribution in [3.8, 4) is 0 Å². The van der Waals surface area contributed by atoms with E-state index in [0.717, 1.165) is 0 Å². The van der Waals surface area contributed by atoms with Crippen molar-refractivity contribution in [1.29, 1.82) is 0 Å². The summed E-state index contributed by atoms with van der Waals surface area (Å²) in [4.78, 5) is 3.58. The quantitative estimate of drug-likeness (QED) is 0.425. The second-order valence-electron chi connectivity index (χ2n) is 2.22. The zero-order chi connectivity index (χ0) is 10.0. The Kier molecular flexibility index (Phi) is 4.31. The van der Waals surface area contributed by atoms with Gasteiger partial charge in [0, 0.05) is 14.5 Å². The van der Waals surface area contributed by atoms with Crippen LogP contribution in [0.15, 0.2) is 6.07 Å². The van der Waals surface area contributed by atoms with E-state index < -0.39 is 6.43 Å². The van der Waals surface area contributed by atoms with Gasteiger partial charge in [0.1, 0.15) is 10.8 Å². The van der Waals surface area contributed by atoms with Crippen molar-refractivity contribution in [2.45, 2.75) is 11.8 Å². The van der Waals surface area contributed by atoms with Crippen LogP contribution >= 0.6 is 50.1 Å². The Hall–Kier alpha value is 0.510. The van der Waals surface area contributed by atoms with Crippen molar-refractivity contribution < 1.29 is 8.78 Å². The van der Waals surface area contributed by atoms with Gasteiger partial charge in [-0.1, -0.05) is 27.5 Å². The van der Waals surface area contributed by atoms with Gasteiger partial charge in [-0.2, -0.15) is 0 Å². The molecule has 1 heterocycles. The smallest absolute Gasteiger partial charge is 0.235 e. The summed E-state index contributed by atoms with van der Waals surface area (Å²) >= 11 is 10.6. The van der Waals surface area contributed by atoms with Crippen LogP contribution in [0.3, 0.4) is 0 Å². The van der Waals surface area contributed by atoms with Crippen LogP contribution in [0.5, 0.6) is 0 Å². The molecule has 72 valence electrons. The molecule has 0 saturated heterocycles. The van der Waals surface area contributed by atoms with Gasteiger partial charge in [0.2, 0.25) is 0 Å². The molecule has 0 aromatic carbocycles. The van der Waals surface area contributed by atoms with Gasteiger partial charge in [-0.25, -0.2) is 13.8 Å². The van der Waals surface area contributed by atoms with Gasteiger partial charge < -0.3 is 0 Å². The molecular weight excluding hydrogens is 378 g/mol. The van der Waals surface area contributed by atoms with Gasteiger partial charge in [0.25, 0.3) is 6.43 Å². The molecule has 0 aliphatic heterocycles. The van der Waals surface area contributed by atoms with E-state index in [1.807, 2.05) is 22.6 Å². The Morgan fingerprint density at radius 2 is 2.23 bits per heavy atom. The number of halogens is 5. The van der Waals surface area contributed by atoms with E-state index in [4.69, 9.17) is 11.6 Å². The third-order valence-corrected chi connectivity index (χ3v) is 3.13. The molecule has 0 aliphatic rings. The molecule has 0 fully saturated rings. The summed E-state index contributed by atoms with van der Waals surface area (Å²) < 4.78 is 25.6. The fourth-order valence-corrected chi connectivity index (χ4v) is 3.10. The normalized spacial score (nSPS) is 10.9. The first-order valence-corrected chi connectivity index (χ1v) is 5.83. The Labute approximate surface area is 101 Å². The summed E-state index contributed by atoms with van der Waals surface area (Å²) in [5.74, 6) is 0. The minimum Gasteiger partial charge on any atom is -0.235 e. The molecule has 0 radical (unpaired) electrons. The van der Waals surface area contributed by atoms with E-state index in [-0.39, 0.29) is 10.8 Å². The van der Waals surface area contributed by atoms with Crippen molar-refractivity contribution in [2.24, 2.45) is 0 Å². The molecule has 0 bridgehead atoms. The van der Waals surface area contributed by atoms with Crippen LogP contribution in [0, 0.1) is 3.57 Å². The third kappa shape index (κ3) is 2.73. The maximum atomic E-state index is 12.4. The average molecular weight is 382 g/mol. The first kappa shape index (κ1) is 11.6. The highest BCUT2D eigenvalue weighted by Gasteiger charge is 2.17. The van der Waals surface area contributed by atoms with Gasteiger partial charge in [0.15, 0.2) is 0 Å². The molecule has 1 aromatic heterocycles. The van der Waals surface area contributed by atoms with Gasteiger partial charge in [-0.05, 0) is 28.7 Å². The van der Waals surface area contributed by atoms with Crippen molar-refractivity contribution >= 4 is 50.1 Å². The largest absolute Gasteiger partial charge is 0.280 e. The van der Waals surface area contributed by atoms with E-state index in [1.54, 1.807) is 6.07 Å². The molecule has 0 unspecified atom stereocenters. The Morgan fingerprint density at radius 3 is 2.69 bits per heavy atom. The van der Waals surface area contributed by atoms with Crippen LogP contribution in [0.25, 0.3) is 0 Å². The van der Waals surface area contributed by atoms with Crippen LogP contribution in [0.2, 0.25) is 5.15 Å². The molecule has 1 nitrogen and oxygen atoms in total. The average Bonchev–Trinajstić information content (AvgIpc) is 2.02. The number of hydrogen-bond donors (Lipinski definition) is 0. The topological polar surface area (TPSA) is 12.9 Å². The molecule has 0 aliphatic carbocycles. The van der Waals surface area contributed by atoms with Crippen molar-refractivity contribution in [3.05, 3.63) is 26.0 Å². The zero-order valence-corrected chi connectivity index (χ0v) is 10.7. The first-order chi connectivity index (χ1) is 6.06. The molecule has 13 heavy (non-hydrogen) atoms. The van der Waals surface area contributed by atoms with E-state index in [9.17, 15) is 8.78 Å². The standard InChI is InChI=1S/C7H4BrClF2IN/c8-2-3-4(12)1-5(9)13-6(3)7(10)11/h1,7H,2H2. The van der Waals surface area contributed by atoms with Crippen molar-refractivity contribution in [1.82, 2.24) is 4.98 Å². The fourth-order valence-electron chi connectivity index (χ4n) is 0.842. The molecule has 0 N–H and O–H groups in total. The summed E-state index contributed by atoms with van der Waals surface area (Å²) in [6, 6.07) is 1.56. The molecule has 0 amide bonds. The number of aromatic nitrogens is 1. The molecule has 0 spiro atoms. The Bertz CT molecular complexity index is 322. The van der Waals surface area contributed by atoms with Gasteiger partial charge in [-0.3, -0.25) is 0 Å². The molecule has 0 saturated carbocycles. The molecule has 1 aromatic rings. The second kappa shape index (κ2) is 4.84. The van der Waals surface area contributed by atoms with Crippen LogP contribution in [-0.4, -0.2) is 4.98 Å². The van der Waals surface area contributed by atoms with Crippen LogP contribution < -0.4 is 0 Å². The van der Waals surface area contributed by atoms with Gasteiger partial charge in [0.05, 0.1) is 0 Å². The lowest BCUT2D eigenvalue weighted by atomic mass is 10.2. The molecule has 1 rings (SSSR count). The first-order valence-electron chi connectivity index (χ1n) is 3.25. The predicted octanol–water partition coefficient (Wildman–Crippen LogP) is 4.17. The number of pyridine rings is 1. The third-order valence-electron chi connectivity index (χ3n) is 1.41.